The minimum atomic E-state index is -0.434. The summed E-state index contributed by atoms with van der Waals surface area (Å²) in [7, 11) is 0. The number of thiocarbonyl (C=S) groups is 1. The van der Waals surface area contributed by atoms with E-state index in [1.165, 1.54) is 18.5 Å². The molecule has 1 aliphatic rings. The van der Waals surface area contributed by atoms with Gasteiger partial charge in [-0.3, -0.25) is 0 Å². The van der Waals surface area contributed by atoms with E-state index in [1.807, 2.05) is 0 Å². The maximum absolute atomic E-state index is 11.9. The number of nitrogens with one attached hydrogen (secondary N) is 2. The van der Waals surface area contributed by atoms with Crippen LogP contribution in [0, 0.1) is 5.92 Å². The SMILES string of the molecule is CCOC(=O)c1ccc(NC(=S)NC(C)c2ccc(N3CCCC(C)C3)cc2)cc1Cl. The van der Waals surface area contributed by atoms with Crippen LogP contribution < -0.4 is 15.5 Å². The molecule has 1 aliphatic heterocycles. The second-order valence-corrected chi connectivity index (χ2v) is 8.84. The van der Waals surface area contributed by atoms with E-state index in [4.69, 9.17) is 28.6 Å². The Kier molecular flexibility index (Phi) is 8.15. The molecule has 1 fully saturated rings. The summed E-state index contributed by atoms with van der Waals surface area (Å²) in [4.78, 5) is 14.3. The van der Waals surface area contributed by atoms with Gasteiger partial charge in [0.25, 0.3) is 0 Å². The second kappa shape index (κ2) is 10.8. The largest absolute Gasteiger partial charge is 0.462 e. The Morgan fingerprint density at radius 3 is 2.68 bits per heavy atom. The molecule has 166 valence electrons. The summed E-state index contributed by atoms with van der Waals surface area (Å²) in [5.41, 5.74) is 3.48. The Hall–Kier alpha value is -2.31. The first-order chi connectivity index (χ1) is 14.9. The maximum atomic E-state index is 11.9. The van der Waals surface area contributed by atoms with Crippen molar-refractivity contribution >= 4 is 46.3 Å². The van der Waals surface area contributed by atoms with Crippen molar-refractivity contribution < 1.29 is 9.53 Å². The minimum Gasteiger partial charge on any atom is -0.462 e. The fourth-order valence-corrected chi connectivity index (χ4v) is 4.36. The predicted octanol–water partition coefficient (Wildman–Crippen LogP) is 5.80. The zero-order valence-electron chi connectivity index (χ0n) is 18.3. The van der Waals surface area contributed by atoms with Crippen LogP contribution in [0.2, 0.25) is 5.02 Å². The third-order valence-corrected chi connectivity index (χ3v) is 6.02. The lowest BCUT2D eigenvalue weighted by Gasteiger charge is -2.33. The van der Waals surface area contributed by atoms with Crippen LogP contribution in [-0.4, -0.2) is 30.8 Å². The van der Waals surface area contributed by atoms with E-state index in [-0.39, 0.29) is 6.04 Å². The zero-order valence-corrected chi connectivity index (χ0v) is 19.9. The smallest absolute Gasteiger partial charge is 0.339 e. The molecule has 3 rings (SSSR count). The molecule has 2 aromatic rings. The van der Waals surface area contributed by atoms with Crippen LogP contribution in [0.25, 0.3) is 0 Å². The van der Waals surface area contributed by atoms with Crippen LogP contribution in [0.5, 0.6) is 0 Å². The number of benzene rings is 2. The molecule has 1 heterocycles. The lowest BCUT2D eigenvalue weighted by atomic mass is 9.99. The molecule has 0 spiro atoms. The van der Waals surface area contributed by atoms with Crippen molar-refractivity contribution in [3.8, 4) is 0 Å². The molecule has 7 heteroatoms. The van der Waals surface area contributed by atoms with Crippen molar-refractivity contribution in [1.82, 2.24) is 5.32 Å². The van der Waals surface area contributed by atoms with Gasteiger partial charge in [-0.15, -0.1) is 0 Å². The van der Waals surface area contributed by atoms with E-state index >= 15 is 0 Å². The number of piperidine rings is 1. The highest BCUT2D eigenvalue weighted by Gasteiger charge is 2.17. The average Bonchev–Trinajstić information content (AvgIpc) is 2.74. The Bertz CT molecular complexity index is 920. The number of hydrogen-bond donors (Lipinski definition) is 2. The third-order valence-electron chi connectivity index (χ3n) is 5.49. The van der Waals surface area contributed by atoms with Crippen LogP contribution in [0.1, 0.15) is 55.6 Å². The van der Waals surface area contributed by atoms with Crippen LogP contribution in [0.3, 0.4) is 0 Å². The Labute approximate surface area is 195 Å². The highest BCUT2D eigenvalue weighted by Crippen LogP contribution is 2.25. The molecule has 2 unspecified atom stereocenters. The van der Waals surface area contributed by atoms with Crippen molar-refractivity contribution in [1.29, 1.82) is 0 Å². The number of esters is 1. The van der Waals surface area contributed by atoms with Crippen LogP contribution in [0.4, 0.5) is 11.4 Å². The van der Waals surface area contributed by atoms with Gasteiger partial charge >= 0.3 is 5.97 Å². The van der Waals surface area contributed by atoms with Crippen molar-refractivity contribution in [2.75, 3.05) is 29.9 Å². The van der Waals surface area contributed by atoms with Gasteiger partial charge in [0.15, 0.2) is 5.11 Å². The van der Waals surface area contributed by atoms with Crippen LogP contribution >= 0.6 is 23.8 Å². The van der Waals surface area contributed by atoms with Crippen LogP contribution in [0.15, 0.2) is 42.5 Å². The summed E-state index contributed by atoms with van der Waals surface area (Å²) in [6, 6.07) is 13.8. The maximum Gasteiger partial charge on any atom is 0.339 e. The average molecular weight is 460 g/mol. The van der Waals surface area contributed by atoms with Gasteiger partial charge in [0.05, 0.1) is 23.2 Å². The van der Waals surface area contributed by atoms with Gasteiger partial charge in [-0.1, -0.05) is 30.7 Å². The molecule has 0 aliphatic carbocycles. The van der Waals surface area contributed by atoms with E-state index in [9.17, 15) is 4.79 Å². The topological polar surface area (TPSA) is 53.6 Å². The van der Waals surface area contributed by atoms with Crippen molar-refractivity contribution in [2.45, 2.75) is 39.7 Å². The molecule has 1 saturated heterocycles. The Morgan fingerprint density at radius 2 is 2.03 bits per heavy atom. The summed E-state index contributed by atoms with van der Waals surface area (Å²) in [5, 5.41) is 7.23. The Morgan fingerprint density at radius 1 is 1.29 bits per heavy atom. The quantitative estimate of drug-likeness (QED) is 0.420. The molecule has 0 bridgehead atoms. The van der Waals surface area contributed by atoms with E-state index in [0.717, 1.165) is 24.6 Å². The zero-order chi connectivity index (χ0) is 22.4. The van der Waals surface area contributed by atoms with Gasteiger partial charge in [0.2, 0.25) is 0 Å². The number of nitrogens with zero attached hydrogens (tertiary/aromatic N) is 1. The highest BCUT2D eigenvalue weighted by molar-refractivity contribution is 7.80. The fraction of sp³-hybridized carbons (Fsp3) is 0.417. The molecule has 31 heavy (non-hydrogen) atoms. The van der Waals surface area contributed by atoms with Gasteiger partial charge in [0, 0.05) is 24.5 Å². The number of anilines is 2. The monoisotopic (exact) mass is 459 g/mol. The third kappa shape index (κ3) is 6.34. The second-order valence-electron chi connectivity index (χ2n) is 8.02. The fourth-order valence-electron chi connectivity index (χ4n) is 3.81. The number of carbonyl (C=O) groups excluding carboxylic acids is 1. The van der Waals surface area contributed by atoms with E-state index in [0.29, 0.717) is 28.0 Å². The first-order valence-electron chi connectivity index (χ1n) is 10.8. The summed E-state index contributed by atoms with van der Waals surface area (Å²) in [5.74, 6) is 0.313. The summed E-state index contributed by atoms with van der Waals surface area (Å²) >= 11 is 11.7. The molecule has 2 N–H and O–H groups in total. The van der Waals surface area contributed by atoms with E-state index < -0.39 is 5.97 Å². The van der Waals surface area contributed by atoms with Gasteiger partial charge in [-0.25, -0.2) is 4.79 Å². The first kappa shape index (κ1) is 23.4. The van der Waals surface area contributed by atoms with E-state index in [1.54, 1.807) is 25.1 Å². The summed E-state index contributed by atoms with van der Waals surface area (Å²) < 4.78 is 5.00. The van der Waals surface area contributed by atoms with Crippen molar-refractivity contribution in [2.24, 2.45) is 5.92 Å². The minimum absolute atomic E-state index is 0.0450. The van der Waals surface area contributed by atoms with Crippen molar-refractivity contribution in [3.63, 3.8) is 0 Å². The highest BCUT2D eigenvalue weighted by atomic mass is 35.5. The van der Waals surface area contributed by atoms with Gasteiger partial charge in [-0.05, 0) is 80.7 Å². The molecule has 2 atom stereocenters. The lowest BCUT2D eigenvalue weighted by Crippen LogP contribution is -2.34. The Balaban J connectivity index is 1.56. The molecule has 0 radical (unpaired) electrons. The molecule has 0 saturated carbocycles. The van der Waals surface area contributed by atoms with E-state index in [2.05, 4.69) is 53.6 Å². The number of rotatable bonds is 6. The summed E-state index contributed by atoms with van der Waals surface area (Å²) in [6.45, 7) is 8.70. The van der Waals surface area contributed by atoms with Gasteiger partial charge in [-0.2, -0.15) is 0 Å². The standard InChI is InChI=1S/C24H30ClN3O2S/c1-4-30-23(29)21-12-9-19(14-22(21)25)27-24(31)26-17(3)18-7-10-20(11-8-18)28-13-5-6-16(2)15-28/h7-12,14,16-17H,4-6,13,15H2,1-3H3,(H2,26,27,31). The molecule has 0 aromatic heterocycles. The molecular formula is C24H30ClN3O2S. The predicted molar refractivity (Wildman–Crippen MR) is 132 cm³/mol. The molecule has 0 amide bonds. The number of ether oxygens (including phenoxy) is 1. The molecular weight excluding hydrogens is 430 g/mol. The van der Waals surface area contributed by atoms with Gasteiger partial charge < -0.3 is 20.3 Å². The first-order valence-corrected chi connectivity index (χ1v) is 11.5. The summed E-state index contributed by atoms with van der Waals surface area (Å²) in [6.07, 6.45) is 2.57. The molecule has 2 aromatic carbocycles. The number of hydrogen-bond acceptors (Lipinski definition) is 4. The molecule has 5 nitrogen and oxygen atoms in total. The lowest BCUT2D eigenvalue weighted by molar-refractivity contribution is 0.0526. The van der Waals surface area contributed by atoms with Crippen molar-refractivity contribution in [3.05, 3.63) is 58.6 Å². The number of carbonyl (C=O) groups is 1. The van der Waals surface area contributed by atoms with Gasteiger partial charge in [0.1, 0.15) is 0 Å². The normalized spacial score (nSPS) is 17.0. The van der Waals surface area contributed by atoms with Crippen LogP contribution in [-0.2, 0) is 4.74 Å². The number of halogens is 1.